The van der Waals surface area contributed by atoms with Crippen molar-refractivity contribution >= 4 is 17.5 Å². The molecule has 6 heteroatoms. The lowest BCUT2D eigenvalue weighted by Crippen LogP contribution is -2.49. The first-order valence-corrected chi connectivity index (χ1v) is 5.52. The van der Waals surface area contributed by atoms with Crippen molar-refractivity contribution in [3.05, 3.63) is 0 Å². The Morgan fingerprint density at radius 2 is 2.00 bits per heavy atom. The van der Waals surface area contributed by atoms with Gasteiger partial charge in [0.15, 0.2) is 0 Å². The number of nitrogens with zero attached hydrogens (tertiary/aromatic N) is 3. The average molecular weight is 224 g/mol. The molecule has 0 bridgehead atoms. The van der Waals surface area contributed by atoms with Crippen molar-refractivity contribution in [1.29, 1.82) is 0 Å². The van der Waals surface area contributed by atoms with Crippen molar-refractivity contribution in [2.45, 2.75) is 12.8 Å². The van der Waals surface area contributed by atoms with Gasteiger partial charge in [0.05, 0.1) is 0 Å². The van der Waals surface area contributed by atoms with Gasteiger partial charge in [-0.15, -0.1) is 0 Å². The highest BCUT2D eigenvalue weighted by atomic mass is 16.2. The highest BCUT2D eigenvalue weighted by Gasteiger charge is 2.26. The van der Waals surface area contributed by atoms with Gasteiger partial charge in [0.2, 0.25) is 5.91 Å². The van der Waals surface area contributed by atoms with Crippen LogP contribution in [0.4, 0.5) is 0 Å². The van der Waals surface area contributed by atoms with Crippen molar-refractivity contribution in [2.24, 2.45) is 5.10 Å². The van der Waals surface area contributed by atoms with Crippen LogP contribution in [0.3, 0.4) is 0 Å². The van der Waals surface area contributed by atoms with Gasteiger partial charge in [-0.3, -0.25) is 9.59 Å². The first-order valence-electron chi connectivity index (χ1n) is 5.52. The number of amides is 2. The Bertz CT molecular complexity index is 334. The summed E-state index contributed by atoms with van der Waals surface area (Å²) < 4.78 is 0. The molecule has 0 atom stereocenters. The number of nitrogens with one attached hydrogen (secondary N) is 1. The Hall–Kier alpha value is -1.43. The topological polar surface area (TPSA) is 65.0 Å². The number of hydrazone groups is 1. The molecule has 1 N–H and O–H groups in total. The molecular weight excluding hydrogens is 208 g/mol. The van der Waals surface area contributed by atoms with E-state index in [1.165, 1.54) is 5.01 Å². The lowest BCUT2D eigenvalue weighted by Gasteiger charge is -2.29. The molecule has 0 aromatic rings. The van der Waals surface area contributed by atoms with Crippen LogP contribution in [0.15, 0.2) is 5.10 Å². The molecule has 2 aliphatic rings. The van der Waals surface area contributed by atoms with Crippen molar-refractivity contribution in [2.75, 3.05) is 33.2 Å². The molecule has 0 unspecified atom stereocenters. The number of piperazine rings is 1. The van der Waals surface area contributed by atoms with Gasteiger partial charge in [-0.05, 0) is 0 Å². The number of rotatable bonds is 1. The van der Waals surface area contributed by atoms with E-state index in [0.717, 1.165) is 26.2 Å². The minimum absolute atomic E-state index is 0.0270. The molecule has 0 aromatic carbocycles. The van der Waals surface area contributed by atoms with E-state index < -0.39 is 0 Å². The van der Waals surface area contributed by atoms with E-state index in [2.05, 4.69) is 10.4 Å². The minimum Gasteiger partial charge on any atom is -0.335 e. The zero-order valence-electron chi connectivity index (χ0n) is 9.40. The van der Waals surface area contributed by atoms with E-state index >= 15 is 0 Å². The normalized spacial score (nSPS) is 22.1. The van der Waals surface area contributed by atoms with E-state index in [-0.39, 0.29) is 11.8 Å². The fourth-order valence-electron chi connectivity index (χ4n) is 1.87. The van der Waals surface area contributed by atoms with Crippen LogP contribution in [0.5, 0.6) is 0 Å². The van der Waals surface area contributed by atoms with Crippen molar-refractivity contribution in [1.82, 2.24) is 15.2 Å². The van der Waals surface area contributed by atoms with Gasteiger partial charge in [0, 0.05) is 46.1 Å². The summed E-state index contributed by atoms with van der Waals surface area (Å²) in [4.78, 5) is 25.0. The van der Waals surface area contributed by atoms with Crippen LogP contribution in [0.2, 0.25) is 0 Å². The Kier molecular flexibility index (Phi) is 3.19. The molecule has 2 heterocycles. The Labute approximate surface area is 94.3 Å². The van der Waals surface area contributed by atoms with Gasteiger partial charge in [-0.1, -0.05) is 0 Å². The predicted octanol–water partition coefficient (Wildman–Crippen LogP) is -0.974. The molecule has 0 aliphatic carbocycles. The molecule has 88 valence electrons. The molecule has 0 aromatic heterocycles. The molecule has 1 fully saturated rings. The Morgan fingerprint density at radius 1 is 1.31 bits per heavy atom. The van der Waals surface area contributed by atoms with E-state index in [1.54, 1.807) is 11.9 Å². The lowest BCUT2D eigenvalue weighted by molar-refractivity contribution is -0.130. The second-order valence-corrected chi connectivity index (χ2v) is 4.01. The fourth-order valence-corrected chi connectivity index (χ4v) is 1.87. The van der Waals surface area contributed by atoms with Crippen LogP contribution in [-0.4, -0.2) is 60.7 Å². The largest absolute Gasteiger partial charge is 0.335 e. The average Bonchev–Trinajstić information content (AvgIpc) is 2.33. The maximum Gasteiger partial charge on any atom is 0.270 e. The van der Waals surface area contributed by atoms with Crippen molar-refractivity contribution < 1.29 is 9.59 Å². The molecule has 2 rings (SSSR count). The zero-order valence-corrected chi connectivity index (χ0v) is 9.40. The van der Waals surface area contributed by atoms with Crippen LogP contribution in [0, 0.1) is 0 Å². The maximum atomic E-state index is 12.0. The number of hydrogen-bond acceptors (Lipinski definition) is 4. The highest BCUT2D eigenvalue weighted by Crippen LogP contribution is 2.09. The molecule has 0 spiro atoms. The first-order chi connectivity index (χ1) is 7.68. The van der Waals surface area contributed by atoms with E-state index in [0.29, 0.717) is 18.6 Å². The molecule has 6 nitrogen and oxygen atoms in total. The summed E-state index contributed by atoms with van der Waals surface area (Å²) in [7, 11) is 1.59. The molecule has 0 saturated carbocycles. The third kappa shape index (κ3) is 2.21. The summed E-state index contributed by atoms with van der Waals surface area (Å²) in [5.41, 5.74) is 0.504. The van der Waals surface area contributed by atoms with Crippen LogP contribution in [-0.2, 0) is 9.59 Å². The summed E-state index contributed by atoms with van der Waals surface area (Å²) in [6, 6.07) is 0. The summed E-state index contributed by atoms with van der Waals surface area (Å²) in [5.74, 6) is -0.0577. The Morgan fingerprint density at radius 3 is 2.62 bits per heavy atom. The van der Waals surface area contributed by atoms with Gasteiger partial charge in [-0.2, -0.15) is 5.10 Å². The quantitative estimate of drug-likeness (QED) is 0.623. The summed E-state index contributed by atoms with van der Waals surface area (Å²) in [6.45, 7) is 3.09. The van der Waals surface area contributed by atoms with Crippen LogP contribution in [0.25, 0.3) is 0 Å². The molecule has 16 heavy (non-hydrogen) atoms. The summed E-state index contributed by atoms with van der Waals surface area (Å²) in [5, 5.41) is 8.48. The van der Waals surface area contributed by atoms with Gasteiger partial charge >= 0.3 is 0 Å². The monoisotopic (exact) mass is 224 g/mol. The third-order valence-corrected chi connectivity index (χ3v) is 2.86. The van der Waals surface area contributed by atoms with Gasteiger partial charge in [0.1, 0.15) is 5.71 Å². The SMILES string of the molecule is CN1N=C(C(=O)N2CCNCC2)CCC1=O. The zero-order chi connectivity index (χ0) is 11.5. The fraction of sp³-hybridized carbons (Fsp3) is 0.700. The van der Waals surface area contributed by atoms with Crippen molar-refractivity contribution in [3.63, 3.8) is 0 Å². The highest BCUT2D eigenvalue weighted by molar-refractivity contribution is 6.39. The smallest absolute Gasteiger partial charge is 0.270 e. The minimum atomic E-state index is -0.0307. The van der Waals surface area contributed by atoms with Crippen LogP contribution in [0.1, 0.15) is 12.8 Å². The molecule has 2 aliphatic heterocycles. The lowest BCUT2D eigenvalue weighted by atomic mass is 10.1. The van der Waals surface area contributed by atoms with Gasteiger partial charge in [0.25, 0.3) is 5.91 Å². The molecule has 0 radical (unpaired) electrons. The molecule has 1 saturated heterocycles. The first kappa shape index (κ1) is 11.1. The number of carbonyl (C=O) groups excluding carboxylic acids is 2. The molecule has 2 amide bonds. The maximum absolute atomic E-state index is 12.0. The van der Waals surface area contributed by atoms with Crippen LogP contribution >= 0.6 is 0 Å². The van der Waals surface area contributed by atoms with Gasteiger partial charge < -0.3 is 10.2 Å². The van der Waals surface area contributed by atoms with E-state index in [9.17, 15) is 9.59 Å². The number of hydrogen-bond donors (Lipinski definition) is 1. The number of carbonyl (C=O) groups is 2. The van der Waals surface area contributed by atoms with Crippen molar-refractivity contribution in [3.8, 4) is 0 Å². The Balaban J connectivity index is 2.04. The third-order valence-electron chi connectivity index (χ3n) is 2.86. The van der Waals surface area contributed by atoms with Crippen LogP contribution < -0.4 is 5.32 Å². The standard InChI is InChI=1S/C10H16N4O2/c1-13-9(15)3-2-8(12-13)10(16)14-6-4-11-5-7-14/h11H,2-7H2,1H3. The van der Waals surface area contributed by atoms with E-state index in [4.69, 9.17) is 0 Å². The molecular formula is C10H16N4O2. The predicted molar refractivity (Wildman–Crippen MR) is 58.9 cm³/mol. The summed E-state index contributed by atoms with van der Waals surface area (Å²) in [6.07, 6.45) is 0.846. The second-order valence-electron chi connectivity index (χ2n) is 4.01. The second kappa shape index (κ2) is 4.61. The summed E-state index contributed by atoms with van der Waals surface area (Å²) >= 11 is 0. The van der Waals surface area contributed by atoms with E-state index in [1.807, 2.05) is 0 Å². The van der Waals surface area contributed by atoms with Gasteiger partial charge in [-0.25, -0.2) is 5.01 Å².